The Hall–Kier alpha value is -2.61. The highest BCUT2D eigenvalue weighted by atomic mass is 16.6. The molecule has 8 nitrogen and oxygen atoms in total. The Morgan fingerprint density at radius 1 is 1.00 bits per heavy atom. The minimum absolute atomic E-state index is 0.134. The van der Waals surface area contributed by atoms with Crippen molar-refractivity contribution in [2.75, 3.05) is 28.3 Å². The smallest absolute Gasteiger partial charge is 0.410 e. The van der Waals surface area contributed by atoms with E-state index in [1.807, 2.05) is 30.3 Å². The van der Waals surface area contributed by atoms with Gasteiger partial charge in [0.05, 0.1) is 14.2 Å². The summed E-state index contributed by atoms with van der Waals surface area (Å²) in [6, 6.07) is 9.41. The van der Waals surface area contributed by atoms with Crippen LogP contribution < -0.4 is 5.32 Å². The number of esters is 2. The number of rotatable bonds is 6. The number of benzene rings is 1. The molecule has 8 heteroatoms. The number of likely N-dealkylation sites (N-methyl/N-ethyl adjacent to an activating group) is 2. The van der Waals surface area contributed by atoms with E-state index < -0.39 is 11.6 Å². The summed E-state index contributed by atoms with van der Waals surface area (Å²) < 4.78 is 14.5. The summed E-state index contributed by atoms with van der Waals surface area (Å²) in [6.45, 7) is 0.196. The average Bonchev–Trinajstić information content (AvgIpc) is 3.65. The first kappa shape index (κ1) is 21.7. The van der Waals surface area contributed by atoms with Crippen molar-refractivity contribution in [1.29, 1.82) is 0 Å². The van der Waals surface area contributed by atoms with Gasteiger partial charge < -0.3 is 19.5 Å². The number of hydrogen-bond donors (Lipinski definition) is 1. The van der Waals surface area contributed by atoms with Gasteiger partial charge in [-0.05, 0) is 38.3 Å². The summed E-state index contributed by atoms with van der Waals surface area (Å²) in [5, 5.41) is 2.93. The van der Waals surface area contributed by atoms with Gasteiger partial charge in [-0.25, -0.2) is 9.59 Å². The Morgan fingerprint density at radius 3 is 1.96 bits per heavy atom. The predicted molar refractivity (Wildman–Crippen MR) is 101 cm³/mol. The van der Waals surface area contributed by atoms with Gasteiger partial charge in [0, 0.05) is 7.05 Å². The first-order chi connectivity index (χ1) is 13.3. The molecule has 2 aliphatic carbocycles. The maximum atomic E-state index is 11.9. The van der Waals surface area contributed by atoms with Gasteiger partial charge in [0.1, 0.15) is 17.7 Å². The number of amides is 1. The molecule has 154 valence electrons. The molecule has 0 aliphatic heterocycles. The quantitative estimate of drug-likeness (QED) is 0.583. The normalized spacial score (nSPS) is 17.3. The topological polar surface area (TPSA) is 94.2 Å². The van der Waals surface area contributed by atoms with Crippen LogP contribution in [0.3, 0.4) is 0 Å². The van der Waals surface area contributed by atoms with Crippen molar-refractivity contribution >= 4 is 18.0 Å². The molecule has 3 rings (SSSR count). The Kier molecular flexibility index (Phi) is 7.01. The van der Waals surface area contributed by atoms with Crippen LogP contribution in [0.2, 0.25) is 0 Å². The summed E-state index contributed by atoms with van der Waals surface area (Å²) in [6.07, 6.45) is 2.56. The molecular formula is C20H28N2O6. The van der Waals surface area contributed by atoms with Crippen LogP contribution in [0.1, 0.15) is 31.2 Å². The van der Waals surface area contributed by atoms with Gasteiger partial charge in [0.25, 0.3) is 0 Å². The fourth-order valence-electron chi connectivity index (χ4n) is 2.85. The molecule has 2 aliphatic rings. The van der Waals surface area contributed by atoms with E-state index in [0.717, 1.165) is 18.4 Å². The summed E-state index contributed by atoms with van der Waals surface area (Å²) in [5.74, 6) is -0.517. The number of hydrogen-bond acceptors (Lipinski definition) is 7. The molecule has 0 spiro atoms. The van der Waals surface area contributed by atoms with Crippen molar-refractivity contribution in [3.63, 3.8) is 0 Å². The van der Waals surface area contributed by atoms with Crippen LogP contribution in [0.5, 0.6) is 0 Å². The van der Waals surface area contributed by atoms with Crippen molar-refractivity contribution in [3.8, 4) is 0 Å². The van der Waals surface area contributed by atoms with Crippen LogP contribution in [0.25, 0.3) is 0 Å². The fourth-order valence-corrected chi connectivity index (χ4v) is 2.85. The maximum absolute atomic E-state index is 11.9. The van der Waals surface area contributed by atoms with E-state index in [9.17, 15) is 14.4 Å². The molecule has 0 saturated heterocycles. The van der Waals surface area contributed by atoms with Gasteiger partial charge in [-0.2, -0.15) is 0 Å². The molecule has 1 amide bonds. The summed E-state index contributed by atoms with van der Waals surface area (Å²) in [7, 11) is 6.09. The number of methoxy groups -OCH3 is 2. The molecule has 0 unspecified atom stereocenters. The number of carbonyl (C=O) groups excluding carboxylic acids is 3. The summed E-state index contributed by atoms with van der Waals surface area (Å²) in [4.78, 5) is 35.7. The number of nitrogens with one attached hydrogen (secondary N) is 1. The summed E-state index contributed by atoms with van der Waals surface area (Å²) in [5.41, 5.74) is -0.218. The third-order valence-corrected chi connectivity index (χ3v) is 5.21. The first-order valence-corrected chi connectivity index (χ1v) is 9.15. The second-order valence-corrected chi connectivity index (χ2v) is 6.95. The van der Waals surface area contributed by atoms with Gasteiger partial charge in [-0.15, -0.1) is 0 Å². The lowest BCUT2D eigenvalue weighted by molar-refractivity contribution is -0.147. The summed E-state index contributed by atoms with van der Waals surface area (Å²) >= 11 is 0. The number of carbonyl (C=O) groups is 3. The van der Waals surface area contributed by atoms with E-state index in [1.54, 1.807) is 14.1 Å². The number of nitrogens with zero attached hydrogens (tertiary/aromatic N) is 1. The van der Waals surface area contributed by atoms with Crippen molar-refractivity contribution in [1.82, 2.24) is 10.2 Å². The predicted octanol–water partition coefficient (Wildman–Crippen LogP) is 1.87. The fraction of sp³-hybridized carbons (Fsp3) is 0.550. The standard InChI is InChI=1S/C14H17NO4.C6H11NO2/c1-15(14(8-9-14)12(16)18-2)13(17)19-10-11-6-4-3-5-7-11;1-7-6(3-4-6)5(8)9-2/h3-7H,8-10H2,1-2H3;7H,3-4H2,1-2H3. The maximum Gasteiger partial charge on any atom is 0.410 e. The van der Waals surface area contributed by atoms with Gasteiger partial charge in [-0.1, -0.05) is 30.3 Å². The Morgan fingerprint density at radius 2 is 1.57 bits per heavy atom. The van der Waals surface area contributed by atoms with Crippen molar-refractivity contribution in [2.45, 2.75) is 43.4 Å². The van der Waals surface area contributed by atoms with Crippen LogP contribution in [-0.2, 0) is 30.4 Å². The largest absolute Gasteiger partial charge is 0.468 e. The first-order valence-electron chi connectivity index (χ1n) is 9.15. The molecule has 0 aromatic heterocycles. The van der Waals surface area contributed by atoms with Crippen molar-refractivity contribution < 1.29 is 28.6 Å². The van der Waals surface area contributed by atoms with Crippen molar-refractivity contribution in [3.05, 3.63) is 35.9 Å². The molecule has 1 aromatic carbocycles. The van der Waals surface area contributed by atoms with Crippen LogP contribution in [0.15, 0.2) is 30.3 Å². The zero-order valence-corrected chi connectivity index (χ0v) is 16.8. The van der Waals surface area contributed by atoms with E-state index in [1.165, 1.54) is 19.1 Å². The molecule has 1 aromatic rings. The molecular weight excluding hydrogens is 364 g/mol. The van der Waals surface area contributed by atoms with Crippen LogP contribution in [0.4, 0.5) is 4.79 Å². The van der Waals surface area contributed by atoms with Gasteiger partial charge in [-0.3, -0.25) is 9.69 Å². The minimum Gasteiger partial charge on any atom is -0.468 e. The minimum atomic E-state index is -0.817. The molecule has 28 heavy (non-hydrogen) atoms. The molecule has 0 heterocycles. The highest BCUT2D eigenvalue weighted by Crippen LogP contribution is 2.42. The third kappa shape index (κ3) is 4.81. The number of ether oxygens (including phenoxy) is 3. The van der Waals surface area contributed by atoms with E-state index in [0.29, 0.717) is 12.8 Å². The van der Waals surface area contributed by atoms with Gasteiger partial charge in [0.2, 0.25) is 0 Å². The lowest BCUT2D eigenvalue weighted by Crippen LogP contribution is -2.45. The Balaban J connectivity index is 0.000000261. The van der Waals surface area contributed by atoms with Crippen LogP contribution in [0, 0.1) is 0 Å². The van der Waals surface area contributed by atoms with Crippen LogP contribution in [-0.4, -0.2) is 62.3 Å². The Labute approximate surface area is 165 Å². The SMILES string of the molecule is CNC1(C(=O)OC)CC1.COC(=O)C1(N(C)C(=O)OCc2ccccc2)CC1. The zero-order chi connectivity index (χ0) is 20.8. The van der Waals surface area contributed by atoms with E-state index in [2.05, 4.69) is 10.1 Å². The molecule has 0 bridgehead atoms. The monoisotopic (exact) mass is 392 g/mol. The third-order valence-electron chi connectivity index (χ3n) is 5.21. The molecule has 2 fully saturated rings. The lowest BCUT2D eigenvalue weighted by atomic mass is 10.2. The highest BCUT2D eigenvalue weighted by Gasteiger charge is 2.57. The second kappa shape index (κ2) is 9.05. The molecule has 1 N–H and O–H groups in total. The zero-order valence-electron chi connectivity index (χ0n) is 16.8. The lowest BCUT2D eigenvalue weighted by Gasteiger charge is -2.24. The van der Waals surface area contributed by atoms with Gasteiger partial charge in [0.15, 0.2) is 0 Å². The van der Waals surface area contributed by atoms with Crippen LogP contribution >= 0.6 is 0 Å². The average molecular weight is 392 g/mol. The van der Waals surface area contributed by atoms with E-state index >= 15 is 0 Å². The molecule has 2 saturated carbocycles. The van der Waals surface area contributed by atoms with Crippen molar-refractivity contribution in [2.24, 2.45) is 0 Å². The van der Waals surface area contributed by atoms with E-state index in [4.69, 9.17) is 9.47 Å². The van der Waals surface area contributed by atoms with Gasteiger partial charge >= 0.3 is 18.0 Å². The highest BCUT2D eigenvalue weighted by molar-refractivity contribution is 5.88. The molecule has 0 radical (unpaired) electrons. The van der Waals surface area contributed by atoms with E-state index in [-0.39, 0.29) is 24.1 Å². The molecule has 0 atom stereocenters. The Bertz CT molecular complexity index is 698. The second-order valence-electron chi connectivity index (χ2n) is 6.95.